The number of para-hydroxylation sites is 1. The fraction of sp³-hybridized carbons (Fsp3) is 0.438. The van der Waals surface area contributed by atoms with Gasteiger partial charge in [0.25, 0.3) is 5.91 Å². The predicted octanol–water partition coefficient (Wildman–Crippen LogP) is 2.43. The molecule has 0 radical (unpaired) electrons. The molecule has 0 aromatic heterocycles. The van der Waals surface area contributed by atoms with Crippen LogP contribution < -0.4 is 15.4 Å². The molecule has 1 atom stereocenters. The van der Waals surface area contributed by atoms with Crippen LogP contribution >= 0.6 is 0 Å². The van der Waals surface area contributed by atoms with Crippen LogP contribution in [0.2, 0.25) is 0 Å². The van der Waals surface area contributed by atoms with Gasteiger partial charge >= 0.3 is 0 Å². The Morgan fingerprint density at radius 1 is 1.45 bits per heavy atom. The minimum atomic E-state index is -0.145. The molecular formula is C16H24N2O2. The van der Waals surface area contributed by atoms with E-state index in [4.69, 9.17) is 4.74 Å². The highest BCUT2D eigenvalue weighted by atomic mass is 16.5. The molecule has 0 aliphatic carbocycles. The summed E-state index contributed by atoms with van der Waals surface area (Å²) in [5.41, 5.74) is 1.07. The molecule has 0 heterocycles. The topological polar surface area (TPSA) is 50.4 Å². The predicted molar refractivity (Wildman–Crippen MR) is 81.9 cm³/mol. The molecule has 0 aliphatic rings. The number of amides is 1. The summed E-state index contributed by atoms with van der Waals surface area (Å²) in [5, 5.41) is 6.11. The van der Waals surface area contributed by atoms with Crippen LogP contribution in [-0.4, -0.2) is 25.6 Å². The Bertz CT molecular complexity index is 432. The Morgan fingerprint density at radius 3 is 2.90 bits per heavy atom. The van der Waals surface area contributed by atoms with Gasteiger partial charge in [0.1, 0.15) is 5.75 Å². The first-order valence-electron chi connectivity index (χ1n) is 7.01. The van der Waals surface area contributed by atoms with Gasteiger partial charge in [-0.15, -0.1) is 6.58 Å². The fourth-order valence-corrected chi connectivity index (χ4v) is 1.82. The molecule has 4 heteroatoms. The average Bonchev–Trinajstić information content (AvgIpc) is 2.48. The lowest BCUT2D eigenvalue weighted by molar-refractivity contribution is -0.122. The van der Waals surface area contributed by atoms with Gasteiger partial charge in [0.2, 0.25) is 0 Å². The van der Waals surface area contributed by atoms with E-state index in [0.29, 0.717) is 6.54 Å². The number of rotatable bonds is 9. The molecule has 1 aromatic rings. The lowest BCUT2D eigenvalue weighted by atomic mass is 10.1. The first-order valence-corrected chi connectivity index (χ1v) is 7.01. The normalized spacial score (nSPS) is 11.7. The number of hydrogen-bond acceptors (Lipinski definition) is 3. The zero-order valence-electron chi connectivity index (χ0n) is 12.3. The smallest absolute Gasteiger partial charge is 0.258 e. The maximum absolute atomic E-state index is 11.5. The molecule has 110 valence electrons. The SMILES string of the molecule is C=CCNC(=O)COc1ccccc1C(C)NCCC. The first kappa shape index (κ1) is 16.2. The van der Waals surface area contributed by atoms with Crippen molar-refractivity contribution in [3.63, 3.8) is 0 Å². The highest BCUT2D eigenvalue weighted by Crippen LogP contribution is 2.24. The molecule has 0 aliphatic heterocycles. The van der Waals surface area contributed by atoms with Crippen LogP contribution in [0.1, 0.15) is 31.9 Å². The van der Waals surface area contributed by atoms with E-state index in [0.717, 1.165) is 24.3 Å². The number of nitrogens with one attached hydrogen (secondary N) is 2. The molecule has 1 amide bonds. The van der Waals surface area contributed by atoms with Crippen LogP contribution in [0.4, 0.5) is 0 Å². The lowest BCUT2D eigenvalue weighted by Gasteiger charge is -2.18. The highest BCUT2D eigenvalue weighted by molar-refractivity contribution is 5.77. The second-order valence-electron chi connectivity index (χ2n) is 4.60. The summed E-state index contributed by atoms with van der Waals surface area (Å²) >= 11 is 0. The van der Waals surface area contributed by atoms with Gasteiger partial charge < -0.3 is 15.4 Å². The molecule has 4 nitrogen and oxygen atoms in total. The minimum absolute atomic E-state index is 0.0192. The fourth-order valence-electron chi connectivity index (χ4n) is 1.82. The van der Waals surface area contributed by atoms with Crippen LogP contribution in [0.25, 0.3) is 0 Å². The van der Waals surface area contributed by atoms with Crippen molar-refractivity contribution in [2.75, 3.05) is 19.7 Å². The van der Waals surface area contributed by atoms with E-state index in [1.807, 2.05) is 24.3 Å². The Balaban J connectivity index is 2.60. The van der Waals surface area contributed by atoms with Crippen molar-refractivity contribution in [1.29, 1.82) is 0 Å². The largest absolute Gasteiger partial charge is 0.483 e. The van der Waals surface area contributed by atoms with Crippen LogP contribution in [0.3, 0.4) is 0 Å². The third kappa shape index (κ3) is 5.45. The standard InChI is InChI=1S/C16H24N2O2/c1-4-10-17-13(3)14-8-6-7-9-15(14)20-12-16(19)18-11-5-2/h5-9,13,17H,2,4,10-12H2,1,3H3,(H,18,19). The van der Waals surface area contributed by atoms with Gasteiger partial charge in [0.05, 0.1) is 0 Å². The molecule has 0 spiro atoms. The van der Waals surface area contributed by atoms with E-state index in [1.54, 1.807) is 6.08 Å². The molecule has 0 fully saturated rings. The highest BCUT2D eigenvalue weighted by Gasteiger charge is 2.11. The van der Waals surface area contributed by atoms with E-state index in [9.17, 15) is 4.79 Å². The molecule has 1 rings (SSSR count). The molecule has 0 bridgehead atoms. The summed E-state index contributed by atoms with van der Waals surface area (Å²) in [7, 11) is 0. The summed E-state index contributed by atoms with van der Waals surface area (Å²) < 4.78 is 5.61. The van der Waals surface area contributed by atoms with Gasteiger partial charge in [0.15, 0.2) is 6.61 Å². The van der Waals surface area contributed by atoms with Crippen molar-refractivity contribution in [3.8, 4) is 5.75 Å². The summed E-state index contributed by atoms with van der Waals surface area (Å²) in [6.45, 7) is 9.21. The summed E-state index contributed by atoms with van der Waals surface area (Å²) in [6, 6.07) is 7.99. The minimum Gasteiger partial charge on any atom is -0.483 e. The zero-order chi connectivity index (χ0) is 14.8. The number of carbonyl (C=O) groups is 1. The van der Waals surface area contributed by atoms with Gasteiger partial charge in [-0.05, 0) is 26.0 Å². The van der Waals surface area contributed by atoms with Crippen molar-refractivity contribution in [2.45, 2.75) is 26.3 Å². The van der Waals surface area contributed by atoms with Crippen molar-refractivity contribution < 1.29 is 9.53 Å². The van der Waals surface area contributed by atoms with Gasteiger partial charge in [-0.25, -0.2) is 0 Å². The Labute approximate surface area is 121 Å². The van der Waals surface area contributed by atoms with Crippen LogP contribution in [-0.2, 0) is 4.79 Å². The van der Waals surface area contributed by atoms with E-state index < -0.39 is 0 Å². The summed E-state index contributed by atoms with van der Waals surface area (Å²) in [5.74, 6) is 0.603. The maximum Gasteiger partial charge on any atom is 0.258 e. The van der Waals surface area contributed by atoms with E-state index in [-0.39, 0.29) is 18.6 Å². The molecule has 20 heavy (non-hydrogen) atoms. The van der Waals surface area contributed by atoms with Gasteiger partial charge in [-0.3, -0.25) is 4.79 Å². The second kappa shape index (κ2) is 9.15. The monoisotopic (exact) mass is 276 g/mol. The van der Waals surface area contributed by atoms with Crippen LogP contribution in [0, 0.1) is 0 Å². The number of carbonyl (C=O) groups excluding carboxylic acids is 1. The van der Waals surface area contributed by atoms with E-state index >= 15 is 0 Å². The third-order valence-corrected chi connectivity index (χ3v) is 2.89. The van der Waals surface area contributed by atoms with Gasteiger partial charge in [-0.2, -0.15) is 0 Å². The van der Waals surface area contributed by atoms with Crippen LogP contribution in [0.15, 0.2) is 36.9 Å². The van der Waals surface area contributed by atoms with Crippen molar-refractivity contribution in [2.24, 2.45) is 0 Å². The Morgan fingerprint density at radius 2 is 2.20 bits per heavy atom. The number of ether oxygens (including phenoxy) is 1. The van der Waals surface area contributed by atoms with Crippen molar-refractivity contribution in [3.05, 3.63) is 42.5 Å². The van der Waals surface area contributed by atoms with Crippen molar-refractivity contribution in [1.82, 2.24) is 10.6 Å². The number of hydrogen-bond donors (Lipinski definition) is 2. The lowest BCUT2D eigenvalue weighted by Crippen LogP contribution is -2.29. The Hall–Kier alpha value is -1.81. The summed E-state index contributed by atoms with van der Waals surface area (Å²) in [6.07, 6.45) is 2.72. The number of benzene rings is 1. The molecule has 1 aromatic carbocycles. The third-order valence-electron chi connectivity index (χ3n) is 2.89. The quantitative estimate of drug-likeness (QED) is 0.681. The van der Waals surface area contributed by atoms with Gasteiger partial charge in [-0.1, -0.05) is 31.2 Å². The molecule has 1 unspecified atom stereocenters. The average molecular weight is 276 g/mol. The Kier molecular flexibility index (Phi) is 7.43. The molecular weight excluding hydrogens is 252 g/mol. The zero-order valence-corrected chi connectivity index (χ0v) is 12.3. The molecule has 0 saturated carbocycles. The maximum atomic E-state index is 11.5. The van der Waals surface area contributed by atoms with Gasteiger partial charge in [0, 0.05) is 18.2 Å². The second-order valence-corrected chi connectivity index (χ2v) is 4.60. The van der Waals surface area contributed by atoms with E-state index in [1.165, 1.54) is 0 Å². The van der Waals surface area contributed by atoms with Crippen molar-refractivity contribution >= 4 is 5.91 Å². The van der Waals surface area contributed by atoms with Crippen LogP contribution in [0.5, 0.6) is 5.75 Å². The molecule has 0 saturated heterocycles. The first-order chi connectivity index (χ1) is 9.69. The summed E-state index contributed by atoms with van der Waals surface area (Å²) in [4.78, 5) is 11.5. The molecule has 2 N–H and O–H groups in total. The van der Waals surface area contributed by atoms with E-state index in [2.05, 4.69) is 31.1 Å².